The van der Waals surface area contributed by atoms with Crippen molar-refractivity contribution in [1.29, 1.82) is 0 Å². The third-order valence-electron chi connectivity index (χ3n) is 1.80. The Hall–Kier alpha value is -0.960. The summed E-state index contributed by atoms with van der Waals surface area (Å²) in [7, 11) is 1.31. The van der Waals surface area contributed by atoms with Crippen LogP contribution in [0.3, 0.4) is 0 Å². The first kappa shape index (κ1) is 10.1. The number of rotatable bonds is 2. The summed E-state index contributed by atoms with van der Waals surface area (Å²) in [5.74, 6) is -0.275. The molecule has 1 aromatic rings. The van der Waals surface area contributed by atoms with Crippen LogP contribution in [0.2, 0.25) is 0 Å². The molecule has 0 saturated carbocycles. The summed E-state index contributed by atoms with van der Waals surface area (Å²) in [6.07, 6.45) is 4.37. The molecule has 0 atom stereocenters. The molecule has 0 aliphatic rings. The molecule has 0 spiro atoms. The maximum atomic E-state index is 11.1. The molecule has 0 aliphatic heterocycles. The predicted octanol–water partition coefficient (Wildman–Crippen LogP) is 2.09. The number of benzene rings is 1. The van der Waals surface area contributed by atoms with Crippen molar-refractivity contribution < 1.29 is 9.53 Å². The minimum Gasteiger partial charge on any atom is -0.465 e. The van der Waals surface area contributed by atoms with Gasteiger partial charge in [-0.25, -0.2) is 15.7 Å². The van der Waals surface area contributed by atoms with Gasteiger partial charge in [0.2, 0.25) is 0 Å². The minimum atomic E-state index is -0.275. The van der Waals surface area contributed by atoms with Gasteiger partial charge in [0.25, 0.3) is 0 Å². The second kappa shape index (κ2) is 4.33. The monoisotopic (exact) mass is 198 g/mol. The zero-order valence-corrected chi connectivity index (χ0v) is 8.97. The van der Waals surface area contributed by atoms with Gasteiger partial charge in [-0.1, -0.05) is 0 Å². The van der Waals surface area contributed by atoms with E-state index in [-0.39, 0.29) is 16.9 Å². The average molecular weight is 198 g/mol. The van der Waals surface area contributed by atoms with Gasteiger partial charge in [-0.05, 0) is 41.7 Å². The molecule has 3 heteroatoms. The standard InChI is InChI=1S/C10H14O2S/c1-12-10(11)8-4-6-9(7-5-8)13(2)3/h4-7,13H,1-3H3. The van der Waals surface area contributed by atoms with Gasteiger partial charge in [0.05, 0.1) is 12.7 Å². The first-order valence-electron chi connectivity index (χ1n) is 4.01. The summed E-state index contributed by atoms with van der Waals surface area (Å²) in [5.41, 5.74) is 0.614. The van der Waals surface area contributed by atoms with Crippen LogP contribution in [0.5, 0.6) is 0 Å². The van der Waals surface area contributed by atoms with Crippen LogP contribution in [0.4, 0.5) is 0 Å². The van der Waals surface area contributed by atoms with Crippen LogP contribution in [-0.2, 0) is 4.74 Å². The molecule has 72 valence electrons. The second-order valence-electron chi connectivity index (χ2n) is 2.93. The van der Waals surface area contributed by atoms with Crippen LogP contribution in [-0.4, -0.2) is 25.6 Å². The van der Waals surface area contributed by atoms with Crippen molar-refractivity contribution >= 4 is 16.9 Å². The zero-order valence-electron chi connectivity index (χ0n) is 8.07. The quantitative estimate of drug-likeness (QED) is 0.582. The van der Waals surface area contributed by atoms with Crippen molar-refractivity contribution in [2.45, 2.75) is 4.90 Å². The summed E-state index contributed by atoms with van der Waals surface area (Å²) in [6.45, 7) is 0. The Morgan fingerprint density at radius 1 is 1.23 bits per heavy atom. The van der Waals surface area contributed by atoms with Gasteiger partial charge < -0.3 is 4.74 Å². The lowest BCUT2D eigenvalue weighted by atomic mass is 10.2. The lowest BCUT2D eigenvalue weighted by molar-refractivity contribution is 0.0600. The summed E-state index contributed by atoms with van der Waals surface area (Å²) < 4.78 is 4.60. The Bertz CT molecular complexity index is 290. The van der Waals surface area contributed by atoms with Gasteiger partial charge in [-0.3, -0.25) is 0 Å². The summed E-state index contributed by atoms with van der Waals surface area (Å²) in [5, 5.41) is 0. The van der Waals surface area contributed by atoms with E-state index in [0.29, 0.717) is 5.56 Å². The maximum Gasteiger partial charge on any atom is 0.337 e. The molecule has 1 aromatic carbocycles. The third-order valence-corrected chi connectivity index (χ3v) is 3.14. The molecule has 0 amide bonds. The smallest absolute Gasteiger partial charge is 0.337 e. The van der Waals surface area contributed by atoms with Crippen LogP contribution in [0.25, 0.3) is 0 Å². The molecule has 0 fully saturated rings. The SMILES string of the molecule is COC(=O)c1ccc([SH](C)C)cc1. The van der Waals surface area contributed by atoms with E-state index < -0.39 is 0 Å². The molecule has 0 saturated heterocycles. The molecular weight excluding hydrogens is 184 g/mol. The van der Waals surface area contributed by atoms with Gasteiger partial charge in [-0.2, -0.15) is 0 Å². The van der Waals surface area contributed by atoms with E-state index in [4.69, 9.17) is 0 Å². The van der Waals surface area contributed by atoms with E-state index in [9.17, 15) is 4.79 Å². The highest BCUT2D eigenvalue weighted by Crippen LogP contribution is 2.27. The molecule has 0 bridgehead atoms. The fraction of sp³-hybridized carbons (Fsp3) is 0.300. The molecule has 13 heavy (non-hydrogen) atoms. The topological polar surface area (TPSA) is 26.3 Å². The van der Waals surface area contributed by atoms with Gasteiger partial charge in [0.15, 0.2) is 0 Å². The number of methoxy groups -OCH3 is 1. The Balaban J connectivity index is 2.87. The van der Waals surface area contributed by atoms with Crippen molar-refractivity contribution in [2.24, 2.45) is 0 Å². The average Bonchev–Trinajstić information content (AvgIpc) is 2.17. The van der Waals surface area contributed by atoms with Crippen molar-refractivity contribution in [1.82, 2.24) is 0 Å². The fourth-order valence-electron chi connectivity index (χ4n) is 1.01. The van der Waals surface area contributed by atoms with Crippen LogP contribution >= 0.6 is 10.9 Å². The normalized spacial score (nSPS) is 10.8. The summed E-state index contributed by atoms with van der Waals surface area (Å²) in [6, 6.07) is 7.59. The molecule has 0 radical (unpaired) electrons. The van der Waals surface area contributed by atoms with Crippen molar-refractivity contribution in [3.63, 3.8) is 0 Å². The Kier molecular flexibility index (Phi) is 3.37. The molecule has 0 aromatic heterocycles. The number of esters is 1. The second-order valence-corrected chi connectivity index (χ2v) is 5.24. The van der Waals surface area contributed by atoms with Gasteiger partial charge in [0.1, 0.15) is 0 Å². The van der Waals surface area contributed by atoms with Crippen molar-refractivity contribution in [3.8, 4) is 0 Å². The van der Waals surface area contributed by atoms with E-state index in [1.165, 1.54) is 12.0 Å². The first-order valence-corrected chi connectivity index (χ1v) is 6.24. The number of ether oxygens (including phenoxy) is 1. The number of hydrogen-bond donors (Lipinski definition) is 1. The third kappa shape index (κ3) is 2.49. The number of carbonyl (C=O) groups excluding carboxylic acids is 1. The molecule has 0 unspecified atom stereocenters. The largest absolute Gasteiger partial charge is 0.465 e. The van der Waals surface area contributed by atoms with Crippen LogP contribution < -0.4 is 0 Å². The summed E-state index contributed by atoms with van der Waals surface area (Å²) >= 11 is 0. The van der Waals surface area contributed by atoms with Gasteiger partial charge >= 0.3 is 5.97 Å². The highest BCUT2D eigenvalue weighted by atomic mass is 32.2. The number of carbonyl (C=O) groups is 1. The molecule has 0 aliphatic carbocycles. The van der Waals surface area contributed by atoms with E-state index in [0.717, 1.165) is 0 Å². The van der Waals surface area contributed by atoms with Crippen LogP contribution in [0.15, 0.2) is 29.2 Å². The Morgan fingerprint density at radius 2 is 1.77 bits per heavy atom. The Morgan fingerprint density at radius 3 is 2.15 bits per heavy atom. The highest BCUT2D eigenvalue weighted by Gasteiger charge is 2.04. The van der Waals surface area contributed by atoms with Gasteiger partial charge in [0, 0.05) is 0 Å². The minimum absolute atomic E-state index is 0.0836. The van der Waals surface area contributed by atoms with Crippen molar-refractivity contribution in [3.05, 3.63) is 29.8 Å². The van der Waals surface area contributed by atoms with Gasteiger partial charge in [-0.15, -0.1) is 0 Å². The highest BCUT2D eigenvalue weighted by molar-refractivity contribution is 8.15. The molecule has 1 rings (SSSR count). The van der Waals surface area contributed by atoms with E-state index >= 15 is 0 Å². The molecular formula is C10H14O2S. The maximum absolute atomic E-state index is 11.1. The first-order chi connectivity index (χ1) is 6.15. The molecule has 0 N–H and O–H groups in total. The van der Waals surface area contributed by atoms with Crippen molar-refractivity contribution in [2.75, 3.05) is 19.6 Å². The summed E-state index contributed by atoms with van der Waals surface area (Å²) in [4.78, 5) is 12.4. The number of thiol groups is 1. The van der Waals surface area contributed by atoms with E-state index in [1.807, 2.05) is 24.3 Å². The Labute approximate surface area is 81.3 Å². The number of hydrogen-bond acceptors (Lipinski definition) is 2. The van der Waals surface area contributed by atoms with Crippen LogP contribution in [0.1, 0.15) is 10.4 Å². The van der Waals surface area contributed by atoms with E-state index in [2.05, 4.69) is 17.2 Å². The lowest BCUT2D eigenvalue weighted by Crippen LogP contribution is -2.00. The fourth-order valence-corrected chi connectivity index (χ4v) is 1.76. The lowest BCUT2D eigenvalue weighted by Gasteiger charge is -2.09. The predicted molar refractivity (Wildman–Crippen MR) is 56.9 cm³/mol. The van der Waals surface area contributed by atoms with E-state index in [1.54, 1.807) is 0 Å². The molecule has 0 heterocycles. The molecule has 2 nitrogen and oxygen atoms in total. The van der Waals surface area contributed by atoms with Crippen LogP contribution in [0, 0.1) is 0 Å². The zero-order chi connectivity index (χ0) is 9.84.